The molecule has 29 heavy (non-hydrogen) atoms. The molecule has 1 spiro atoms. The second-order valence-corrected chi connectivity index (χ2v) is 8.71. The molecule has 152 valence electrons. The second kappa shape index (κ2) is 7.79. The molecule has 5 heteroatoms. The van der Waals surface area contributed by atoms with Gasteiger partial charge < -0.3 is 10.2 Å². The van der Waals surface area contributed by atoms with Gasteiger partial charge in [0.15, 0.2) is 0 Å². The van der Waals surface area contributed by atoms with Gasteiger partial charge in [0, 0.05) is 42.6 Å². The van der Waals surface area contributed by atoms with E-state index in [9.17, 15) is 4.79 Å². The Labute approximate surface area is 173 Å². The number of hydrogen-bond donors (Lipinski definition) is 1. The summed E-state index contributed by atoms with van der Waals surface area (Å²) in [6.45, 7) is 2.57. The number of nitrogens with zero attached hydrogens (tertiary/aromatic N) is 3. The minimum absolute atomic E-state index is 0.200. The van der Waals surface area contributed by atoms with E-state index in [0.29, 0.717) is 18.6 Å². The van der Waals surface area contributed by atoms with Crippen molar-refractivity contribution < 1.29 is 4.79 Å². The second-order valence-electron chi connectivity index (χ2n) is 8.71. The van der Waals surface area contributed by atoms with E-state index in [0.717, 1.165) is 31.6 Å². The highest BCUT2D eigenvalue weighted by Crippen LogP contribution is 2.40. The molecule has 2 saturated heterocycles. The number of nitrogens with one attached hydrogen (secondary N) is 1. The first kappa shape index (κ1) is 18.6. The molecule has 2 aliphatic heterocycles. The summed E-state index contributed by atoms with van der Waals surface area (Å²) in [6.07, 6.45) is 8.75. The Balaban J connectivity index is 1.34. The van der Waals surface area contributed by atoms with Crippen LogP contribution in [0.15, 0.2) is 54.7 Å². The molecule has 1 saturated carbocycles. The SMILES string of the molecule is O=C1NCN(c2ccccc2)C12CCN(C1CCCCC1c1ccccn1)CC2. The molecule has 2 unspecified atom stereocenters. The zero-order chi connectivity index (χ0) is 19.7. The van der Waals surface area contributed by atoms with Crippen LogP contribution in [0.3, 0.4) is 0 Å². The molecule has 2 aromatic rings. The summed E-state index contributed by atoms with van der Waals surface area (Å²) < 4.78 is 0. The Hall–Kier alpha value is -2.40. The molecule has 0 bridgehead atoms. The monoisotopic (exact) mass is 390 g/mol. The van der Waals surface area contributed by atoms with Crippen molar-refractivity contribution in [2.45, 2.75) is 56.0 Å². The van der Waals surface area contributed by atoms with Gasteiger partial charge in [-0.3, -0.25) is 14.7 Å². The Bertz CT molecular complexity index is 832. The molecular formula is C24H30N4O. The lowest BCUT2D eigenvalue weighted by molar-refractivity contribution is -0.125. The van der Waals surface area contributed by atoms with Crippen LogP contribution in [0.25, 0.3) is 0 Å². The number of carbonyl (C=O) groups is 1. The lowest BCUT2D eigenvalue weighted by Gasteiger charge is -2.48. The molecule has 2 atom stereocenters. The average molecular weight is 391 g/mol. The molecule has 5 rings (SSSR count). The Morgan fingerprint density at radius 1 is 0.966 bits per heavy atom. The van der Waals surface area contributed by atoms with Gasteiger partial charge >= 0.3 is 0 Å². The third-order valence-electron chi connectivity index (χ3n) is 7.30. The number of benzene rings is 1. The smallest absolute Gasteiger partial charge is 0.247 e. The van der Waals surface area contributed by atoms with Gasteiger partial charge in [0.1, 0.15) is 5.54 Å². The minimum atomic E-state index is -0.396. The van der Waals surface area contributed by atoms with Crippen LogP contribution in [0.2, 0.25) is 0 Å². The highest BCUT2D eigenvalue weighted by Gasteiger charge is 2.51. The maximum absolute atomic E-state index is 12.9. The van der Waals surface area contributed by atoms with E-state index in [2.05, 4.69) is 56.5 Å². The Morgan fingerprint density at radius 2 is 1.72 bits per heavy atom. The highest BCUT2D eigenvalue weighted by molar-refractivity contribution is 5.93. The van der Waals surface area contributed by atoms with Crippen molar-refractivity contribution in [1.82, 2.24) is 15.2 Å². The first-order chi connectivity index (χ1) is 14.3. The van der Waals surface area contributed by atoms with Crippen LogP contribution in [0.4, 0.5) is 5.69 Å². The minimum Gasteiger partial charge on any atom is -0.339 e. The predicted octanol–water partition coefficient (Wildman–Crippen LogP) is 3.54. The summed E-state index contributed by atoms with van der Waals surface area (Å²) in [5.41, 5.74) is 1.98. The molecule has 5 nitrogen and oxygen atoms in total. The van der Waals surface area contributed by atoms with Crippen LogP contribution >= 0.6 is 0 Å². The fourth-order valence-electron chi connectivity index (χ4n) is 5.75. The van der Waals surface area contributed by atoms with Crippen LogP contribution in [0.5, 0.6) is 0 Å². The van der Waals surface area contributed by atoms with Crippen molar-refractivity contribution in [2.24, 2.45) is 0 Å². The van der Waals surface area contributed by atoms with Gasteiger partial charge in [-0.15, -0.1) is 0 Å². The first-order valence-corrected chi connectivity index (χ1v) is 11.0. The zero-order valence-electron chi connectivity index (χ0n) is 17.0. The van der Waals surface area contributed by atoms with Crippen LogP contribution in [-0.4, -0.2) is 47.1 Å². The number of carbonyl (C=O) groups excluding carboxylic acids is 1. The molecule has 1 aromatic heterocycles. The van der Waals surface area contributed by atoms with E-state index < -0.39 is 5.54 Å². The van der Waals surface area contributed by atoms with Crippen molar-refractivity contribution in [3.63, 3.8) is 0 Å². The van der Waals surface area contributed by atoms with Crippen LogP contribution in [0, 0.1) is 0 Å². The van der Waals surface area contributed by atoms with Gasteiger partial charge in [-0.2, -0.15) is 0 Å². The van der Waals surface area contributed by atoms with Crippen LogP contribution in [-0.2, 0) is 4.79 Å². The Morgan fingerprint density at radius 3 is 2.48 bits per heavy atom. The van der Waals surface area contributed by atoms with E-state index in [1.807, 2.05) is 18.3 Å². The number of anilines is 1. The lowest BCUT2D eigenvalue weighted by Crippen LogP contribution is -2.58. The van der Waals surface area contributed by atoms with E-state index >= 15 is 0 Å². The summed E-state index contributed by atoms with van der Waals surface area (Å²) in [7, 11) is 0. The van der Waals surface area contributed by atoms with Gasteiger partial charge in [0.2, 0.25) is 5.91 Å². The van der Waals surface area contributed by atoms with Gasteiger partial charge in [0.25, 0.3) is 0 Å². The van der Waals surface area contributed by atoms with Crippen molar-refractivity contribution in [3.05, 3.63) is 60.4 Å². The van der Waals surface area contributed by atoms with Crippen molar-refractivity contribution in [1.29, 1.82) is 0 Å². The lowest BCUT2D eigenvalue weighted by atomic mass is 9.78. The van der Waals surface area contributed by atoms with Crippen molar-refractivity contribution in [2.75, 3.05) is 24.7 Å². The van der Waals surface area contributed by atoms with Gasteiger partial charge in [-0.05, 0) is 49.9 Å². The fourth-order valence-corrected chi connectivity index (χ4v) is 5.75. The summed E-state index contributed by atoms with van der Waals surface area (Å²) in [4.78, 5) is 22.6. The third kappa shape index (κ3) is 3.31. The molecular weight excluding hydrogens is 360 g/mol. The molecule has 1 N–H and O–H groups in total. The van der Waals surface area contributed by atoms with E-state index in [1.165, 1.54) is 31.4 Å². The molecule has 3 aliphatic rings. The quantitative estimate of drug-likeness (QED) is 0.871. The molecule has 1 amide bonds. The standard InChI is InChI=1S/C24H30N4O/c29-23-24(28(18-26-23)19-8-2-1-3-9-19)13-16-27(17-14-24)22-12-5-4-10-20(22)21-11-6-7-15-25-21/h1-3,6-9,11,15,20,22H,4-5,10,12-14,16-18H2,(H,26,29). The van der Waals surface area contributed by atoms with Crippen molar-refractivity contribution >= 4 is 11.6 Å². The maximum Gasteiger partial charge on any atom is 0.247 e. The van der Waals surface area contributed by atoms with Gasteiger partial charge in [-0.1, -0.05) is 37.1 Å². The summed E-state index contributed by atoms with van der Waals surface area (Å²) in [5.74, 6) is 0.715. The Kier molecular flexibility index (Phi) is 5.00. The predicted molar refractivity (Wildman–Crippen MR) is 115 cm³/mol. The topological polar surface area (TPSA) is 48.5 Å². The molecule has 0 radical (unpaired) electrons. The number of pyridine rings is 1. The van der Waals surface area contributed by atoms with Gasteiger partial charge in [-0.25, -0.2) is 0 Å². The largest absolute Gasteiger partial charge is 0.339 e. The number of piperidine rings is 1. The van der Waals surface area contributed by atoms with Crippen LogP contribution in [0.1, 0.15) is 50.1 Å². The molecule has 3 fully saturated rings. The average Bonchev–Trinajstić information content (AvgIpc) is 3.11. The number of hydrogen-bond acceptors (Lipinski definition) is 4. The first-order valence-electron chi connectivity index (χ1n) is 11.0. The van der Waals surface area contributed by atoms with E-state index in [4.69, 9.17) is 0 Å². The van der Waals surface area contributed by atoms with Gasteiger partial charge in [0.05, 0.1) is 6.67 Å². The van der Waals surface area contributed by atoms with E-state index in [1.54, 1.807) is 0 Å². The molecule has 3 heterocycles. The van der Waals surface area contributed by atoms with Crippen LogP contribution < -0.4 is 10.2 Å². The molecule has 1 aromatic carbocycles. The number of para-hydroxylation sites is 1. The number of aromatic nitrogens is 1. The number of amides is 1. The maximum atomic E-state index is 12.9. The zero-order valence-corrected chi connectivity index (χ0v) is 17.0. The summed E-state index contributed by atoms with van der Waals surface area (Å²) >= 11 is 0. The van der Waals surface area contributed by atoms with E-state index in [-0.39, 0.29) is 5.91 Å². The summed E-state index contributed by atoms with van der Waals surface area (Å²) in [6, 6.07) is 17.2. The normalized spacial score (nSPS) is 27.2. The third-order valence-corrected chi connectivity index (χ3v) is 7.30. The van der Waals surface area contributed by atoms with Crippen molar-refractivity contribution in [3.8, 4) is 0 Å². The molecule has 1 aliphatic carbocycles. The summed E-state index contributed by atoms with van der Waals surface area (Å²) in [5, 5.41) is 3.12. The number of likely N-dealkylation sites (tertiary alicyclic amines) is 1. The number of rotatable bonds is 3. The highest BCUT2D eigenvalue weighted by atomic mass is 16.2. The fraction of sp³-hybridized carbons (Fsp3) is 0.500.